The number of amides is 2. The number of carbonyl (C=O) groups is 2. The normalized spacial score (nSPS) is 19.7. The van der Waals surface area contributed by atoms with Crippen molar-refractivity contribution < 1.29 is 14.3 Å². The second-order valence-corrected chi connectivity index (χ2v) is 7.66. The molecule has 1 aliphatic rings. The topological polar surface area (TPSA) is 79.5 Å². The molecule has 1 aliphatic heterocycles. The van der Waals surface area contributed by atoms with Crippen LogP contribution in [0.25, 0.3) is 0 Å². The van der Waals surface area contributed by atoms with Gasteiger partial charge in [-0.1, -0.05) is 47.5 Å². The van der Waals surface area contributed by atoms with Gasteiger partial charge in [0.25, 0.3) is 0 Å². The van der Waals surface area contributed by atoms with Crippen molar-refractivity contribution in [3.8, 4) is 0 Å². The quantitative estimate of drug-likeness (QED) is 0.438. The van der Waals surface area contributed by atoms with E-state index in [0.717, 1.165) is 17.5 Å². The summed E-state index contributed by atoms with van der Waals surface area (Å²) in [6.07, 6.45) is 2.43. The molecule has 30 heavy (non-hydrogen) atoms. The van der Waals surface area contributed by atoms with Crippen LogP contribution in [0, 0.1) is 5.92 Å². The summed E-state index contributed by atoms with van der Waals surface area (Å²) in [6, 6.07) is 13.7. The van der Waals surface area contributed by atoms with Gasteiger partial charge < -0.3 is 20.7 Å². The molecule has 158 valence electrons. The van der Waals surface area contributed by atoms with Crippen molar-refractivity contribution in [2.75, 3.05) is 13.2 Å². The van der Waals surface area contributed by atoms with Crippen LogP contribution in [0.5, 0.6) is 0 Å². The highest BCUT2D eigenvalue weighted by Gasteiger charge is 2.39. The number of hydrogen-bond donors (Lipinski definition) is 3. The molecule has 3 N–H and O–H groups in total. The molecule has 1 heterocycles. The zero-order valence-corrected chi connectivity index (χ0v) is 18.0. The molecule has 0 radical (unpaired) electrons. The fourth-order valence-corrected chi connectivity index (χ4v) is 3.52. The minimum absolute atomic E-state index is 0.244. The molecule has 0 aliphatic carbocycles. The molecule has 2 aromatic rings. The van der Waals surface area contributed by atoms with Crippen LogP contribution < -0.4 is 16.0 Å². The molecule has 0 saturated carbocycles. The summed E-state index contributed by atoms with van der Waals surface area (Å²) in [4.78, 5) is 25.0. The highest BCUT2D eigenvalue weighted by molar-refractivity contribution is 6.30. The Bertz CT molecular complexity index is 914. The van der Waals surface area contributed by atoms with Gasteiger partial charge in [0.1, 0.15) is 5.92 Å². The number of esters is 1. The zero-order chi connectivity index (χ0) is 21.5. The molecule has 2 aromatic carbocycles. The number of benzene rings is 2. The molecule has 3 rings (SSSR count). The van der Waals surface area contributed by atoms with E-state index in [0.29, 0.717) is 22.3 Å². The first-order valence-electron chi connectivity index (χ1n) is 9.65. The Labute approximate surface area is 185 Å². The molecular weight excluding hydrogens is 425 g/mol. The number of carbonyl (C=O) groups excluding carboxylic acids is 2. The summed E-state index contributed by atoms with van der Waals surface area (Å²) in [5.74, 6) is -1.14. The molecule has 1 fully saturated rings. The Hall–Kier alpha value is -2.70. The fourth-order valence-electron chi connectivity index (χ4n) is 3.27. The average molecular weight is 448 g/mol. The van der Waals surface area contributed by atoms with Crippen LogP contribution in [0.2, 0.25) is 10.0 Å². The van der Waals surface area contributed by atoms with Gasteiger partial charge in [0.2, 0.25) is 0 Å². The fraction of sp³-hybridized carbons (Fsp3) is 0.273. The smallest absolute Gasteiger partial charge is 0.319 e. The van der Waals surface area contributed by atoms with E-state index in [1.807, 2.05) is 24.3 Å². The van der Waals surface area contributed by atoms with Crippen LogP contribution in [-0.2, 0) is 16.0 Å². The molecule has 1 saturated heterocycles. The maximum absolute atomic E-state index is 12.7. The van der Waals surface area contributed by atoms with Crippen molar-refractivity contribution in [3.63, 3.8) is 0 Å². The summed E-state index contributed by atoms with van der Waals surface area (Å²) < 4.78 is 5.27. The zero-order valence-electron chi connectivity index (χ0n) is 16.5. The number of hydrogen-bond acceptors (Lipinski definition) is 4. The van der Waals surface area contributed by atoms with Crippen LogP contribution in [0.3, 0.4) is 0 Å². The number of halogens is 2. The highest BCUT2D eigenvalue weighted by Crippen LogP contribution is 2.31. The van der Waals surface area contributed by atoms with Gasteiger partial charge in [0.15, 0.2) is 0 Å². The molecule has 0 unspecified atom stereocenters. The third kappa shape index (κ3) is 5.68. The van der Waals surface area contributed by atoms with Crippen LogP contribution >= 0.6 is 23.2 Å². The first-order valence-corrected chi connectivity index (χ1v) is 10.4. The van der Waals surface area contributed by atoms with Crippen LogP contribution in [0.15, 0.2) is 60.4 Å². The predicted molar refractivity (Wildman–Crippen MR) is 117 cm³/mol. The molecule has 0 aromatic heterocycles. The average Bonchev–Trinajstić information content (AvgIpc) is 2.72. The summed E-state index contributed by atoms with van der Waals surface area (Å²) in [7, 11) is 0. The SMILES string of the molecule is CCOC(=O)[C@H]1/C(=C\NCCc2ccc(Cl)cc2)NC(=O)N[C@@H]1c1ccc(Cl)cc1. The molecular formula is C22H23Cl2N3O3. The van der Waals surface area contributed by atoms with Gasteiger partial charge in [-0.15, -0.1) is 0 Å². The maximum atomic E-state index is 12.7. The van der Waals surface area contributed by atoms with E-state index in [-0.39, 0.29) is 12.6 Å². The van der Waals surface area contributed by atoms with Crippen molar-refractivity contribution in [1.29, 1.82) is 0 Å². The molecule has 8 heteroatoms. The lowest BCUT2D eigenvalue weighted by atomic mass is 9.88. The predicted octanol–water partition coefficient (Wildman–Crippen LogP) is 4.20. The standard InChI is InChI=1S/C22H23Cl2N3O3/c1-2-30-21(28)19-18(13-25-12-11-14-3-7-16(23)8-4-14)26-22(29)27-20(19)15-5-9-17(24)10-6-15/h3-10,13,19-20,25H,2,11-12H2,1H3,(H2,26,27,29)/b18-13+/t19-,20+/m0/s1. The van der Waals surface area contributed by atoms with Gasteiger partial charge >= 0.3 is 12.0 Å². The van der Waals surface area contributed by atoms with E-state index in [2.05, 4.69) is 16.0 Å². The Morgan fingerprint density at radius 3 is 2.37 bits per heavy atom. The minimum Gasteiger partial charge on any atom is -0.465 e. The van der Waals surface area contributed by atoms with E-state index in [1.165, 1.54) is 0 Å². The number of rotatable bonds is 7. The van der Waals surface area contributed by atoms with E-state index in [1.54, 1.807) is 37.4 Å². The number of nitrogens with one attached hydrogen (secondary N) is 3. The van der Waals surface area contributed by atoms with Crippen LogP contribution in [0.1, 0.15) is 24.1 Å². The van der Waals surface area contributed by atoms with Crippen molar-refractivity contribution in [1.82, 2.24) is 16.0 Å². The van der Waals surface area contributed by atoms with Gasteiger partial charge in [0, 0.05) is 22.8 Å². The monoisotopic (exact) mass is 447 g/mol. The molecule has 0 spiro atoms. The maximum Gasteiger partial charge on any atom is 0.319 e. The van der Waals surface area contributed by atoms with Gasteiger partial charge in [0.05, 0.1) is 18.3 Å². The molecule has 6 nitrogen and oxygen atoms in total. The summed E-state index contributed by atoms with van der Waals surface area (Å²) in [6.45, 7) is 2.61. The van der Waals surface area contributed by atoms with Crippen molar-refractivity contribution in [2.45, 2.75) is 19.4 Å². The first-order chi connectivity index (χ1) is 14.5. The third-order valence-electron chi connectivity index (χ3n) is 4.71. The van der Waals surface area contributed by atoms with E-state index in [9.17, 15) is 9.59 Å². The van der Waals surface area contributed by atoms with Crippen LogP contribution in [0.4, 0.5) is 4.79 Å². The van der Waals surface area contributed by atoms with Crippen LogP contribution in [-0.4, -0.2) is 25.2 Å². The first kappa shape index (κ1) is 22.0. The van der Waals surface area contributed by atoms with E-state index >= 15 is 0 Å². The van der Waals surface area contributed by atoms with Crippen molar-refractivity contribution in [2.24, 2.45) is 5.92 Å². The Morgan fingerprint density at radius 2 is 1.73 bits per heavy atom. The lowest BCUT2D eigenvalue weighted by Crippen LogP contribution is -2.51. The lowest BCUT2D eigenvalue weighted by molar-refractivity contribution is -0.147. The number of urea groups is 1. The van der Waals surface area contributed by atoms with Crippen molar-refractivity contribution in [3.05, 3.63) is 81.6 Å². The Morgan fingerprint density at radius 1 is 1.10 bits per heavy atom. The minimum atomic E-state index is -0.716. The second kappa shape index (κ2) is 10.4. The second-order valence-electron chi connectivity index (χ2n) is 6.79. The third-order valence-corrected chi connectivity index (χ3v) is 5.22. The highest BCUT2D eigenvalue weighted by atomic mass is 35.5. The Kier molecular flexibility index (Phi) is 7.60. The van der Waals surface area contributed by atoms with Gasteiger partial charge in [-0.05, 0) is 48.7 Å². The summed E-state index contributed by atoms with van der Waals surface area (Å²) in [5.41, 5.74) is 2.34. The summed E-state index contributed by atoms with van der Waals surface area (Å²) >= 11 is 11.9. The van der Waals surface area contributed by atoms with Gasteiger partial charge in [-0.2, -0.15) is 0 Å². The largest absolute Gasteiger partial charge is 0.465 e. The Balaban J connectivity index is 1.77. The van der Waals surface area contributed by atoms with Crippen molar-refractivity contribution >= 4 is 35.2 Å². The summed E-state index contributed by atoms with van der Waals surface area (Å²) in [5, 5.41) is 9.99. The molecule has 2 amide bonds. The van der Waals surface area contributed by atoms with Gasteiger partial charge in [-0.25, -0.2) is 4.79 Å². The molecule has 0 bridgehead atoms. The lowest BCUT2D eigenvalue weighted by Gasteiger charge is -2.33. The van der Waals surface area contributed by atoms with Gasteiger partial charge in [-0.3, -0.25) is 4.79 Å². The number of ether oxygens (including phenoxy) is 1. The molecule has 2 atom stereocenters. The van der Waals surface area contributed by atoms with E-state index < -0.39 is 17.9 Å². The van der Waals surface area contributed by atoms with E-state index in [4.69, 9.17) is 27.9 Å².